The second-order valence-electron chi connectivity index (χ2n) is 7.64. The van der Waals surface area contributed by atoms with E-state index in [1.54, 1.807) is 0 Å². The molecule has 5 heteroatoms. The van der Waals surface area contributed by atoms with E-state index in [0.717, 1.165) is 64.2 Å². The molecule has 5 nitrogen and oxygen atoms in total. The Labute approximate surface area is 152 Å². The first-order chi connectivity index (χ1) is 12.2. The van der Waals surface area contributed by atoms with Crippen LogP contribution >= 0.6 is 0 Å². The van der Waals surface area contributed by atoms with Gasteiger partial charge in [0.1, 0.15) is 0 Å². The number of likely N-dealkylation sites (tertiary alicyclic amines) is 1. The van der Waals surface area contributed by atoms with Gasteiger partial charge in [-0.25, -0.2) is 0 Å². The molecule has 0 N–H and O–H groups in total. The Kier molecular flexibility index (Phi) is 6.82. The molecule has 0 saturated carbocycles. The summed E-state index contributed by atoms with van der Waals surface area (Å²) in [5.41, 5.74) is 1.11. The maximum absolute atomic E-state index is 12.6. The molecule has 1 aromatic rings. The van der Waals surface area contributed by atoms with Gasteiger partial charge in [0.15, 0.2) is 0 Å². The fourth-order valence-corrected chi connectivity index (χ4v) is 4.09. The SMILES string of the molecule is CN1CCC[C@H](CCC(=O)N2CCCN(Cc3ccccn3)CC2)C1. The highest BCUT2D eigenvalue weighted by Crippen LogP contribution is 2.20. The summed E-state index contributed by atoms with van der Waals surface area (Å²) in [5, 5.41) is 0. The summed E-state index contributed by atoms with van der Waals surface area (Å²) in [4.78, 5) is 24.0. The topological polar surface area (TPSA) is 39.7 Å². The Hall–Kier alpha value is -1.46. The molecule has 25 heavy (non-hydrogen) atoms. The predicted molar refractivity (Wildman–Crippen MR) is 100 cm³/mol. The molecule has 2 aliphatic heterocycles. The van der Waals surface area contributed by atoms with Crippen LogP contribution in [0, 0.1) is 5.92 Å². The van der Waals surface area contributed by atoms with Crippen LogP contribution in [-0.4, -0.2) is 71.9 Å². The predicted octanol–water partition coefficient (Wildman–Crippen LogP) is 2.24. The number of hydrogen-bond acceptors (Lipinski definition) is 4. The highest BCUT2D eigenvalue weighted by molar-refractivity contribution is 5.76. The fourth-order valence-electron chi connectivity index (χ4n) is 4.09. The van der Waals surface area contributed by atoms with Crippen molar-refractivity contribution in [3.05, 3.63) is 30.1 Å². The van der Waals surface area contributed by atoms with Gasteiger partial charge in [0.25, 0.3) is 0 Å². The molecule has 1 atom stereocenters. The molecule has 3 rings (SSSR count). The summed E-state index contributed by atoms with van der Waals surface area (Å²) >= 11 is 0. The number of aromatic nitrogens is 1. The van der Waals surface area contributed by atoms with Crippen LogP contribution in [0.2, 0.25) is 0 Å². The number of pyridine rings is 1. The molecule has 2 aliphatic rings. The molecule has 138 valence electrons. The van der Waals surface area contributed by atoms with Crippen molar-refractivity contribution in [2.75, 3.05) is 46.3 Å². The van der Waals surface area contributed by atoms with Gasteiger partial charge < -0.3 is 9.80 Å². The van der Waals surface area contributed by atoms with Crippen molar-refractivity contribution in [3.8, 4) is 0 Å². The Balaban J connectivity index is 1.41. The standard InChI is InChI=1S/C20H32N4O/c1-22-11-4-6-18(16-22)8-9-20(25)24-13-5-12-23(14-15-24)17-19-7-2-3-10-21-19/h2-3,7,10,18H,4-6,8-9,11-17H2,1H3/t18-/m1/s1. The van der Waals surface area contributed by atoms with E-state index in [-0.39, 0.29) is 0 Å². The maximum Gasteiger partial charge on any atom is 0.222 e. The third-order valence-electron chi connectivity index (χ3n) is 5.54. The largest absolute Gasteiger partial charge is 0.341 e. The first kappa shape index (κ1) is 18.3. The zero-order valence-electron chi connectivity index (χ0n) is 15.6. The average molecular weight is 345 g/mol. The maximum atomic E-state index is 12.6. The van der Waals surface area contributed by atoms with Crippen molar-refractivity contribution in [1.29, 1.82) is 0 Å². The van der Waals surface area contributed by atoms with Crippen molar-refractivity contribution in [1.82, 2.24) is 19.7 Å². The molecule has 1 aromatic heterocycles. The van der Waals surface area contributed by atoms with Crippen LogP contribution in [0.3, 0.4) is 0 Å². The number of rotatable bonds is 5. The number of piperidine rings is 1. The zero-order valence-corrected chi connectivity index (χ0v) is 15.6. The van der Waals surface area contributed by atoms with Gasteiger partial charge in [-0.05, 0) is 57.3 Å². The Morgan fingerprint density at radius 2 is 2.08 bits per heavy atom. The minimum atomic E-state index is 0.355. The van der Waals surface area contributed by atoms with Crippen LogP contribution in [0.1, 0.15) is 37.8 Å². The molecule has 0 aliphatic carbocycles. The monoisotopic (exact) mass is 344 g/mol. The lowest BCUT2D eigenvalue weighted by Gasteiger charge is -2.30. The third-order valence-corrected chi connectivity index (χ3v) is 5.54. The molecule has 0 radical (unpaired) electrons. The minimum Gasteiger partial charge on any atom is -0.341 e. The summed E-state index contributed by atoms with van der Waals surface area (Å²) < 4.78 is 0. The van der Waals surface area contributed by atoms with Gasteiger partial charge in [-0.2, -0.15) is 0 Å². The summed E-state index contributed by atoms with van der Waals surface area (Å²) in [6.45, 7) is 7.02. The van der Waals surface area contributed by atoms with Crippen molar-refractivity contribution in [3.63, 3.8) is 0 Å². The van der Waals surface area contributed by atoms with Crippen LogP contribution in [-0.2, 0) is 11.3 Å². The van der Waals surface area contributed by atoms with E-state index in [1.807, 2.05) is 18.3 Å². The van der Waals surface area contributed by atoms with Gasteiger partial charge in [-0.3, -0.25) is 14.7 Å². The molecular formula is C20H32N4O. The van der Waals surface area contributed by atoms with E-state index in [9.17, 15) is 4.79 Å². The van der Waals surface area contributed by atoms with Gasteiger partial charge >= 0.3 is 0 Å². The van der Waals surface area contributed by atoms with Crippen LogP contribution in [0.25, 0.3) is 0 Å². The molecule has 1 amide bonds. The molecular weight excluding hydrogens is 312 g/mol. The Morgan fingerprint density at radius 1 is 1.16 bits per heavy atom. The normalized spacial score (nSPS) is 23.4. The van der Waals surface area contributed by atoms with E-state index in [1.165, 1.54) is 19.4 Å². The average Bonchev–Trinajstić information content (AvgIpc) is 2.86. The quantitative estimate of drug-likeness (QED) is 0.821. The number of nitrogens with zero attached hydrogens (tertiary/aromatic N) is 4. The smallest absolute Gasteiger partial charge is 0.222 e. The molecule has 3 heterocycles. The second kappa shape index (κ2) is 9.30. The van der Waals surface area contributed by atoms with Crippen LogP contribution in [0.5, 0.6) is 0 Å². The van der Waals surface area contributed by atoms with Gasteiger partial charge in [0, 0.05) is 51.9 Å². The van der Waals surface area contributed by atoms with Crippen LogP contribution < -0.4 is 0 Å². The Bertz CT molecular complexity index is 536. The first-order valence-electron chi connectivity index (χ1n) is 9.79. The van der Waals surface area contributed by atoms with E-state index in [0.29, 0.717) is 11.8 Å². The van der Waals surface area contributed by atoms with Crippen molar-refractivity contribution < 1.29 is 4.79 Å². The lowest BCUT2D eigenvalue weighted by molar-refractivity contribution is -0.131. The lowest BCUT2D eigenvalue weighted by atomic mass is 9.93. The number of hydrogen-bond donors (Lipinski definition) is 0. The van der Waals surface area contributed by atoms with Crippen molar-refractivity contribution in [2.24, 2.45) is 5.92 Å². The van der Waals surface area contributed by atoms with Gasteiger partial charge in [-0.15, -0.1) is 0 Å². The number of carbonyl (C=O) groups excluding carboxylic acids is 1. The Morgan fingerprint density at radius 3 is 2.88 bits per heavy atom. The van der Waals surface area contributed by atoms with E-state index >= 15 is 0 Å². The molecule has 0 bridgehead atoms. The van der Waals surface area contributed by atoms with Crippen molar-refractivity contribution >= 4 is 5.91 Å². The zero-order chi connectivity index (χ0) is 17.5. The summed E-state index contributed by atoms with van der Waals surface area (Å²) in [5.74, 6) is 1.06. The fraction of sp³-hybridized carbons (Fsp3) is 0.700. The van der Waals surface area contributed by atoms with Crippen LogP contribution in [0.15, 0.2) is 24.4 Å². The first-order valence-corrected chi connectivity index (χ1v) is 9.79. The van der Waals surface area contributed by atoms with Crippen LogP contribution in [0.4, 0.5) is 0 Å². The highest BCUT2D eigenvalue weighted by atomic mass is 16.2. The number of amides is 1. The molecule has 0 unspecified atom stereocenters. The third kappa shape index (κ3) is 5.79. The molecule has 2 fully saturated rings. The van der Waals surface area contributed by atoms with E-state index < -0.39 is 0 Å². The van der Waals surface area contributed by atoms with Gasteiger partial charge in [0.05, 0.1) is 5.69 Å². The summed E-state index contributed by atoms with van der Waals surface area (Å²) in [7, 11) is 2.19. The van der Waals surface area contributed by atoms with Gasteiger partial charge in [0.2, 0.25) is 5.91 Å². The second-order valence-corrected chi connectivity index (χ2v) is 7.64. The lowest BCUT2D eigenvalue weighted by Crippen LogP contribution is -2.36. The molecule has 0 aromatic carbocycles. The molecule has 2 saturated heterocycles. The highest BCUT2D eigenvalue weighted by Gasteiger charge is 2.22. The summed E-state index contributed by atoms with van der Waals surface area (Å²) in [6, 6.07) is 6.07. The summed E-state index contributed by atoms with van der Waals surface area (Å²) in [6.07, 6.45) is 7.25. The van der Waals surface area contributed by atoms with Gasteiger partial charge in [-0.1, -0.05) is 6.07 Å². The van der Waals surface area contributed by atoms with Crippen molar-refractivity contribution in [2.45, 2.75) is 38.6 Å². The van der Waals surface area contributed by atoms with E-state index in [2.05, 4.69) is 32.8 Å². The minimum absolute atomic E-state index is 0.355. The number of carbonyl (C=O) groups is 1. The van der Waals surface area contributed by atoms with E-state index in [4.69, 9.17) is 0 Å². The molecule has 0 spiro atoms.